The predicted molar refractivity (Wildman–Crippen MR) is 140 cm³/mol. The van der Waals surface area contributed by atoms with E-state index in [0.29, 0.717) is 12.6 Å². The lowest BCUT2D eigenvalue weighted by Gasteiger charge is -2.31. The van der Waals surface area contributed by atoms with Gasteiger partial charge >= 0.3 is 0 Å². The number of anilines is 1. The molecule has 0 spiro atoms. The number of hydrogen-bond acceptors (Lipinski definition) is 3. The maximum Gasteiger partial charge on any atom is 0.153 e. The van der Waals surface area contributed by atoms with Crippen LogP contribution in [-0.2, 0) is 26.1 Å². The molecule has 2 aromatic carbocycles. The molecule has 5 heteroatoms. The van der Waals surface area contributed by atoms with Crippen LogP contribution in [0.2, 0.25) is 0 Å². The van der Waals surface area contributed by atoms with Gasteiger partial charge < -0.3 is 14.8 Å². The summed E-state index contributed by atoms with van der Waals surface area (Å²) in [6.07, 6.45) is 4.87. The molecule has 0 unspecified atom stereocenters. The number of fused-ring (bicyclic) bond motifs is 2. The van der Waals surface area contributed by atoms with Crippen molar-refractivity contribution in [2.45, 2.75) is 65.2 Å². The Morgan fingerprint density at radius 1 is 1.03 bits per heavy atom. The highest BCUT2D eigenvalue weighted by Gasteiger charge is 2.25. The first kappa shape index (κ1) is 22.3. The Bertz CT molecular complexity index is 1380. The second-order valence-corrected chi connectivity index (χ2v) is 10.2. The van der Waals surface area contributed by atoms with Gasteiger partial charge in [0.1, 0.15) is 5.82 Å². The van der Waals surface area contributed by atoms with E-state index in [0.717, 1.165) is 48.6 Å². The summed E-state index contributed by atoms with van der Waals surface area (Å²) in [4.78, 5) is 7.71. The number of benzene rings is 2. The van der Waals surface area contributed by atoms with E-state index < -0.39 is 0 Å². The minimum atomic E-state index is -0.191. The summed E-state index contributed by atoms with van der Waals surface area (Å²) >= 11 is 0. The van der Waals surface area contributed by atoms with E-state index in [-0.39, 0.29) is 5.82 Å². The standard InChI is InChI=1S/C30H33FN4/c1-20-21(2)35(18-22-7-5-10-25(31)15-22)29-28(20)16-27(17-32-26-11-6-12-26)33-30(29)34-14-13-23-8-3-4-9-24(23)19-34/h3-5,7-10,15-16,26,32H,6,11-14,17-19H2,1-2H3. The molecular formula is C30H33FN4. The molecule has 0 bridgehead atoms. The Morgan fingerprint density at radius 3 is 2.63 bits per heavy atom. The lowest BCUT2D eigenvalue weighted by Crippen LogP contribution is -2.35. The van der Waals surface area contributed by atoms with E-state index in [2.05, 4.69) is 59.0 Å². The first-order chi connectivity index (χ1) is 17.1. The Hall–Kier alpha value is -3.18. The van der Waals surface area contributed by atoms with Gasteiger partial charge in [-0.15, -0.1) is 0 Å². The minimum absolute atomic E-state index is 0.191. The summed E-state index contributed by atoms with van der Waals surface area (Å²) in [5.41, 5.74) is 8.54. The molecule has 1 saturated carbocycles. The summed E-state index contributed by atoms with van der Waals surface area (Å²) in [7, 11) is 0. The molecular weight excluding hydrogens is 435 g/mol. The summed E-state index contributed by atoms with van der Waals surface area (Å²) in [5, 5.41) is 4.96. The average molecular weight is 469 g/mol. The van der Waals surface area contributed by atoms with Crippen LogP contribution in [0.1, 0.15) is 52.9 Å². The molecule has 4 aromatic rings. The number of aryl methyl sites for hydroxylation is 1. The van der Waals surface area contributed by atoms with Gasteiger partial charge in [-0.2, -0.15) is 0 Å². The number of halogens is 1. The normalized spacial score (nSPS) is 15.9. The molecule has 4 nitrogen and oxygen atoms in total. The van der Waals surface area contributed by atoms with Crippen molar-refractivity contribution in [2.75, 3.05) is 11.4 Å². The fourth-order valence-electron chi connectivity index (χ4n) is 5.56. The lowest BCUT2D eigenvalue weighted by molar-refractivity contribution is 0.337. The molecule has 3 heterocycles. The molecule has 1 N–H and O–H groups in total. The fourth-order valence-corrected chi connectivity index (χ4v) is 5.56. The first-order valence-corrected chi connectivity index (χ1v) is 12.9. The largest absolute Gasteiger partial charge is 0.350 e. The molecule has 1 aliphatic carbocycles. The Morgan fingerprint density at radius 2 is 1.86 bits per heavy atom. The molecule has 1 fully saturated rings. The maximum absolute atomic E-state index is 14.0. The Kier molecular flexibility index (Phi) is 5.81. The van der Waals surface area contributed by atoms with Gasteiger partial charge in [0.15, 0.2) is 5.82 Å². The molecule has 180 valence electrons. The monoisotopic (exact) mass is 468 g/mol. The second-order valence-electron chi connectivity index (χ2n) is 10.2. The number of hydrogen-bond donors (Lipinski definition) is 1. The Balaban J connectivity index is 1.46. The quantitative estimate of drug-likeness (QED) is 0.374. The van der Waals surface area contributed by atoms with Crippen molar-refractivity contribution in [3.8, 4) is 0 Å². The smallest absolute Gasteiger partial charge is 0.153 e. The number of nitrogens with one attached hydrogen (secondary N) is 1. The molecule has 1 aliphatic heterocycles. The van der Waals surface area contributed by atoms with Crippen molar-refractivity contribution in [3.63, 3.8) is 0 Å². The van der Waals surface area contributed by atoms with Crippen LogP contribution in [-0.4, -0.2) is 22.1 Å². The van der Waals surface area contributed by atoms with Crippen LogP contribution >= 0.6 is 0 Å². The number of pyridine rings is 1. The van der Waals surface area contributed by atoms with Crippen LogP contribution in [0.3, 0.4) is 0 Å². The van der Waals surface area contributed by atoms with E-state index in [4.69, 9.17) is 4.98 Å². The fraction of sp³-hybridized carbons (Fsp3) is 0.367. The second kappa shape index (κ2) is 9.12. The molecule has 0 atom stereocenters. The van der Waals surface area contributed by atoms with Gasteiger partial charge in [0.25, 0.3) is 0 Å². The average Bonchev–Trinajstić information content (AvgIpc) is 3.07. The molecule has 6 rings (SSSR count). The van der Waals surface area contributed by atoms with Crippen LogP contribution in [0.4, 0.5) is 10.2 Å². The maximum atomic E-state index is 14.0. The van der Waals surface area contributed by atoms with Crippen molar-refractivity contribution in [3.05, 3.63) is 94.1 Å². The number of nitrogens with zero attached hydrogens (tertiary/aromatic N) is 3. The third-order valence-electron chi connectivity index (χ3n) is 7.99. The molecule has 2 aliphatic rings. The van der Waals surface area contributed by atoms with E-state index >= 15 is 0 Å². The summed E-state index contributed by atoms with van der Waals surface area (Å²) in [6.45, 7) is 7.62. The van der Waals surface area contributed by atoms with Crippen LogP contribution in [0.25, 0.3) is 10.9 Å². The van der Waals surface area contributed by atoms with Gasteiger partial charge in [0.05, 0.1) is 11.2 Å². The van der Waals surface area contributed by atoms with Gasteiger partial charge in [0, 0.05) is 43.3 Å². The van der Waals surface area contributed by atoms with Gasteiger partial charge in [-0.05, 0) is 73.6 Å². The number of rotatable bonds is 6. The van der Waals surface area contributed by atoms with E-state index in [1.165, 1.54) is 53.1 Å². The van der Waals surface area contributed by atoms with Gasteiger partial charge in [-0.25, -0.2) is 9.37 Å². The third-order valence-corrected chi connectivity index (χ3v) is 7.99. The zero-order valence-electron chi connectivity index (χ0n) is 20.6. The molecule has 2 aromatic heterocycles. The summed E-state index contributed by atoms with van der Waals surface area (Å²) in [6, 6.07) is 18.6. The van der Waals surface area contributed by atoms with Crippen LogP contribution in [0.5, 0.6) is 0 Å². The highest BCUT2D eigenvalue weighted by Crippen LogP contribution is 2.35. The van der Waals surface area contributed by atoms with Crippen molar-refractivity contribution in [1.82, 2.24) is 14.9 Å². The SMILES string of the molecule is Cc1c(C)n(Cc2cccc(F)c2)c2c(N3CCc4ccccc4C3)nc(CNC3CCC3)cc12. The van der Waals surface area contributed by atoms with Gasteiger partial charge in [0.2, 0.25) is 0 Å². The van der Waals surface area contributed by atoms with Crippen molar-refractivity contribution in [2.24, 2.45) is 0 Å². The zero-order chi connectivity index (χ0) is 23.9. The van der Waals surface area contributed by atoms with Gasteiger partial charge in [-0.1, -0.05) is 42.8 Å². The van der Waals surface area contributed by atoms with E-state index in [1.807, 2.05) is 6.07 Å². The molecule has 35 heavy (non-hydrogen) atoms. The first-order valence-electron chi connectivity index (χ1n) is 12.9. The molecule has 0 amide bonds. The molecule has 0 saturated heterocycles. The predicted octanol–water partition coefficient (Wildman–Crippen LogP) is 6.05. The summed E-state index contributed by atoms with van der Waals surface area (Å²) < 4.78 is 16.3. The highest BCUT2D eigenvalue weighted by molar-refractivity contribution is 5.94. The van der Waals surface area contributed by atoms with Crippen LogP contribution in [0, 0.1) is 19.7 Å². The van der Waals surface area contributed by atoms with Crippen molar-refractivity contribution in [1.29, 1.82) is 0 Å². The van der Waals surface area contributed by atoms with E-state index in [1.54, 1.807) is 12.1 Å². The molecule has 0 radical (unpaired) electrons. The zero-order valence-corrected chi connectivity index (χ0v) is 20.6. The highest BCUT2D eigenvalue weighted by atomic mass is 19.1. The third kappa shape index (κ3) is 4.23. The van der Waals surface area contributed by atoms with Crippen LogP contribution < -0.4 is 10.2 Å². The van der Waals surface area contributed by atoms with Crippen molar-refractivity contribution >= 4 is 16.7 Å². The van der Waals surface area contributed by atoms with Crippen molar-refractivity contribution < 1.29 is 4.39 Å². The minimum Gasteiger partial charge on any atom is -0.350 e. The lowest BCUT2D eigenvalue weighted by atomic mass is 9.93. The number of aromatic nitrogens is 2. The topological polar surface area (TPSA) is 33.1 Å². The van der Waals surface area contributed by atoms with Gasteiger partial charge in [-0.3, -0.25) is 0 Å². The van der Waals surface area contributed by atoms with Crippen LogP contribution in [0.15, 0.2) is 54.6 Å². The van der Waals surface area contributed by atoms with E-state index in [9.17, 15) is 4.39 Å². The Labute approximate surface area is 206 Å². The summed E-state index contributed by atoms with van der Waals surface area (Å²) in [5.74, 6) is 0.860.